The monoisotopic (exact) mass is 452 g/mol. The molecule has 7 nitrogen and oxygen atoms in total. The van der Waals surface area contributed by atoms with Crippen molar-refractivity contribution in [3.05, 3.63) is 64.2 Å². The van der Waals surface area contributed by atoms with Crippen LogP contribution in [0.4, 0.5) is 0 Å². The molecule has 1 saturated heterocycles. The summed E-state index contributed by atoms with van der Waals surface area (Å²) in [6, 6.07) is 16.2. The molecule has 2 heterocycles. The molecule has 0 bridgehead atoms. The molecule has 0 radical (unpaired) electrons. The van der Waals surface area contributed by atoms with E-state index in [1.165, 1.54) is 10.5 Å². The zero-order valence-electron chi connectivity index (χ0n) is 18.4. The lowest BCUT2D eigenvalue weighted by atomic mass is 9.85. The molecule has 0 saturated carbocycles. The summed E-state index contributed by atoms with van der Waals surface area (Å²) in [5.74, 6) is 2.05. The van der Waals surface area contributed by atoms with Gasteiger partial charge in [0.05, 0.1) is 33.0 Å². The van der Waals surface area contributed by atoms with E-state index in [9.17, 15) is 10.1 Å². The van der Waals surface area contributed by atoms with Crippen LogP contribution in [0.1, 0.15) is 23.5 Å². The van der Waals surface area contributed by atoms with Crippen molar-refractivity contribution in [1.29, 1.82) is 5.26 Å². The third-order valence-electron chi connectivity index (χ3n) is 5.83. The van der Waals surface area contributed by atoms with E-state index in [0.29, 0.717) is 29.5 Å². The van der Waals surface area contributed by atoms with Crippen LogP contribution in [0.3, 0.4) is 0 Å². The zero-order valence-corrected chi connectivity index (χ0v) is 19.2. The van der Waals surface area contributed by atoms with Gasteiger partial charge in [-0.15, -0.1) is 0 Å². The summed E-state index contributed by atoms with van der Waals surface area (Å²) in [5, 5.41) is 10.8. The normalized spacial score (nSPS) is 20.4. The molecule has 2 atom stereocenters. The molecule has 2 aliphatic rings. The number of hydrogen-bond donors (Lipinski definition) is 1. The van der Waals surface area contributed by atoms with E-state index in [4.69, 9.17) is 14.2 Å². The fourth-order valence-corrected chi connectivity index (χ4v) is 5.46. The van der Waals surface area contributed by atoms with Crippen LogP contribution in [0.15, 0.2) is 53.1 Å². The largest absolute Gasteiger partial charge is 0.496 e. The first-order chi connectivity index (χ1) is 15.6. The molecule has 166 valence electrons. The maximum absolute atomic E-state index is 13.2. The predicted octanol–water partition coefficient (Wildman–Crippen LogP) is 2.51. The van der Waals surface area contributed by atoms with E-state index < -0.39 is 5.92 Å². The third-order valence-corrected chi connectivity index (χ3v) is 7.09. The Balaban J connectivity index is 1.67. The molecule has 0 spiro atoms. The summed E-state index contributed by atoms with van der Waals surface area (Å²) in [6.07, 6.45) is 0.206. The molecule has 32 heavy (non-hydrogen) atoms. The molecule has 8 heteroatoms. The smallest absolute Gasteiger partial charge is 0.232 e. The average Bonchev–Trinajstić information content (AvgIpc) is 2.84. The molecule has 2 aromatic rings. The number of carbonyl (C=O) groups is 1. The van der Waals surface area contributed by atoms with Crippen molar-refractivity contribution in [2.45, 2.75) is 18.9 Å². The van der Waals surface area contributed by atoms with Crippen molar-refractivity contribution >= 4 is 17.7 Å². The first-order valence-corrected chi connectivity index (χ1v) is 11.3. The van der Waals surface area contributed by atoms with E-state index in [1.54, 1.807) is 44.1 Å². The highest BCUT2D eigenvalue weighted by molar-refractivity contribution is 8.02. The van der Waals surface area contributed by atoms with Crippen molar-refractivity contribution in [1.82, 2.24) is 4.90 Å². The Morgan fingerprint density at radius 3 is 2.44 bits per heavy atom. The number of rotatable bonds is 6. The fourth-order valence-electron chi connectivity index (χ4n) is 4.26. The van der Waals surface area contributed by atoms with E-state index in [2.05, 4.69) is 18.2 Å². The first kappa shape index (κ1) is 22.1. The Hall–Kier alpha value is -3.15. The molecule has 0 aromatic heterocycles. The highest BCUT2D eigenvalue weighted by Crippen LogP contribution is 2.46. The van der Waals surface area contributed by atoms with Crippen molar-refractivity contribution < 1.29 is 23.9 Å². The Labute approximate surface area is 192 Å². The number of amides is 1. The quantitative estimate of drug-likeness (QED) is 0.726. The molecule has 2 aromatic carbocycles. The number of nitrogens with one attached hydrogen (secondary N) is 1. The highest BCUT2D eigenvalue weighted by atomic mass is 32.2. The second-order valence-corrected chi connectivity index (χ2v) is 8.68. The van der Waals surface area contributed by atoms with Gasteiger partial charge in [-0.1, -0.05) is 30.3 Å². The highest BCUT2D eigenvalue weighted by Gasteiger charge is 2.41. The molecular weight excluding hydrogens is 426 g/mol. The number of fused-ring (bicyclic) bond motifs is 1. The minimum absolute atomic E-state index is 0.0126. The average molecular weight is 453 g/mol. The number of hydrogen-bond acceptors (Lipinski definition) is 6. The van der Waals surface area contributed by atoms with Gasteiger partial charge in [0.15, 0.2) is 18.2 Å². The van der Waals surface area contributed by atoms with E-state index in [-0.39, 0.29) is 12.3 Å². The standard InChI is InChI=1S/C24H25N3O4S/c1-29-20-11-22(31-3)21(30-2)9-18(20)17-10-23(28)27-14-26(13-16-7-5-4-6-8-16)15-32-24(27)19(17)12-25/h4-9,11,17H,10,13-15H2,1-3H3/p+1/t17-/m1/s1. The van der Waals surface area contributed by atoms with Gasteiger partial charge in [-0.3, -0.25) is 9.69 Å². The van der Waals surface area contributed by atoms with Gasteiger partial charge in [-0.2, -0.15) is 5.26 Å². The fraction of sp³-hybridized carbons (Fsp3) is 0.333. The van der Waals surface area contributed by atoms with Crippen LogP contribution < -0.4 is 19.1 Å². The summed E-state index contributed by atoms with van der Waals surface area (Å²) in [5.41, 5.74) is 2.58. The van der Waals surface area contributed by atoms with Gasteiger partial charge in [-0.25, -0.2) is 0 Å². The Morgan fingerprint density at radius 1 is 1.09 bits per heavy atom. The number of methoxy groups -OCH3 is 3. The van der Waals surface area contributed by atoms with Gasteiger partial charge >= 0.3 is 0 Å². The maximum Gasteiger partial charge on any atom is 0.232 e. The Kier molecular flexibility index (Phi) is 6.58. The van der Waals surface area contributed by atoms with Crippen molar-refractivity contribution in [3.63, 3.8) is 0 Å². The van der Waals surface area contributed by atoms with Crippen LogP contribution >= 0.6 is 11.8 Å². The van der Waals surface area contributed by atoms with Crippen LogP contribution in [0.5, 0.6) is 17.2 Å². The molecule has 4 rings (SSSR count). The molecule has 1 amide bonds. The predicted molar refractivity (Wildman–Crippen MR) is 121 cm³/mol. The number of ether oxygens (including phenoxy) is 3. The van der Waals surface area contributed by atoms with Crippen LogP contribution in [-0.4, -0.2) is 44.7 Å². The summed E-state index contributed by atoms with van der Waals surface area (Å²) >= 11 is 1.57. The molecule has 1 N–H and O–H groups in total. The molecule has 0 aliphatic carbocycles. The molecular formula is C24H26N3O4S+. The van der Waals surface area contributed by atoms with Gasteiger partial charge in [-0.05, 0) is 17.8 Å². The van der Waals surface area contributed by atoms with Gasteiger partial charge in [0.1, 0.15) is 23.2 Å². The third kappa shape index (κ3) is 4.14. The molecule has 1 fully saturated rings. The molecule has 1 unspecified atom stereocenters. The van der Waals surface area contributed by atoms with E-state index in [0.717, 1.165) is 23.0 Å². The second kappa shape index (κ2) is 9.55. The summed E-state index contributed by atoms with van der Waals surface area (Å²) in [4.78, 5) is 16.3. The van der Waals surface area contributed by atoms with E-state index >= 15 is 0 Å². The summed E-state index contributed by atoms with van der Waals surface area (Å²) < 4.78 is 16.4. The van der Waals surface area contributed by atoms with Crippen LogP contribution in [0.2, 0.25) is 0 Å². The number of allylic oxidation sites excluding steroid dienone is 1. The number of quaternary nitrogens is 1. The lowest BCUT2D eigenvalue weighted by Gasteiger charge is -2.39. The maximum atomic E-state index is 13.2. The van der Waals surface area contributed by atoms with Gasteiger partial charge in [0, 0.05) is 29.5 Å². The lowest BCUT2D eigenvalue weighted by molar-refractivity contribution is -0.910. The van der Waals surface area contributed by atoms with Crippen molar-refractivity contribution in [2.75, 3.05) is 33.9 Å². The summed E-state index contributed by atoms with van der Waals surface area (Å²) in [6.45, 7) is 1.39. The minimum atomic E-state index is -0.392. The SMILES string of the molecule is COc1cc(OC)c([C@H]2CC(=O)N3C[NH+](Cc4ccccc4)CSC3=C2C#N)cc1OC. The summed E-state index contributed by atoms with van der Waals surface area (Å²) in [7, 11) is 4.69. The van der Waals surface area contributed by atoms with Crippen LogP contribution in [-0.2, 0) is 11.3 Å². The number of nitriles is 1. The van der Waals surface area contributed by atoms with E-state index in [1.807, 2.05) is 24.3 Å². The number of carbonyl (C=O) groups excluding carboxylic acids is 1. The number of thioether (sulfide) groups is 1. The van der Waals surface area contributed by atoms with Gasteiger partial charge in [0.25, 0.3) is 0 Å². The number of nitrogens with zero attached hydrogens (tertiary/aromatic N) is 2. The van der Waals surface area contributed by atoms with Crippen molar-refractivity contribution in [2.24, 2.45) is 0 Å². The minimum Gasteiger partial charge on any atom is -0.496 e. The zero-order chi connectivity index (χ0) is 22.7. The first-order valence-electron chi connectivity index (χ1n) is 10.3. The van der Waals surface area contributed by atoms with Gasteiger partial charge in [0.2, 0.25) is 5.91 Å². The second-order valence-electron chi connectivity index (χ2n) is 7.72. The topological polar surface area (TPSA) is 76.2 Å². The Bertz CT molecular complexity index is 1080. The molecule has 2 aliphatic heterocycles. The van der Waals surface area contributed by atoms with Crippen LogP contribution in [0, 0.1) is 11.3 Å². The van der Waals surface area contributed by atoms with Gasteiger partial charge < -0.3 is 19.1 Å². The van der Waals surface area contributed by atoms with Crippen molar-refractivity contribution in [3.8, 4) is 23.3 Å². The Morgan fingerprint density at radius 2 is 1.78 bits per heavy atom. The lowest BCUT2D eigenvalue weighted by Crippen LogP contribution is -3.12. The van der Waals surface area contributed by atoms with Crippen LogP contribution in [0.25, 0.3) is 0 Å². The number of benzene rings is 2.